The maximum absolute atomic E-state index is 12.5. The van der Waals surface area contributed by atoms with Crippen LogP contribution in [0.4, 0.5) is 0 Å². The molecule has 0 fully saturated rings. The number of aromatic nitrogens is 3. The third-order valence-electron chi connectivity index (χ3n) is 5.01. The zero-order valence-electron chi connectivity index (χ0n) is 15.8. The van der Waals surface area contributed by atoms with Gasteiger partial charge in [-0.05, 0) is 11.6 Å². The summed E-state index contributed by atoms with van der Waals surface area (Å²) in [6, 6.07) is 14.4. The summed E-state index contributed by atoms with van der Waals surface area (Å²) < 4.78 is 0. The van der Waals surface area contributed by atoms with Crippen LogP contribution in [0, 0.1) is 0 Å². The van der Waals surface area contributed by atoms with E-state index in [0.29, 0.717) is 6.54 Å². The molecule has 0 saturated carbocycles. The fraction of sp³-hybridized carbons (Fsp3) is 0.318. The van der Waals surface area contributed by atoms with E-state index in [1.54, 1.807) is 0 Å². The molecule has 0 aliphatic carbocycles. The lowest BCUT2D eigenvalue weighted by atomic mass is 10.0. The van der Waals surface area contributed by atoms with Crippen molar-refractivity contribution in [2.24, 2.45) is 0 Å². The molecular formula is C22H24N4O. The van der Waals surface area contributed by atoms with Gasteiger partial charge in [0.25, 0.3) is 5.56 Å². The minimum absolute atomic E-state index is 0.00551. The Morgan fingerprint density at radius 2 is 1.96 bits per heavy atom. The number of aromatic amines is 1. The van der Waals surface area contributed by atoms with Gasteiger partial charge in [-0.2, -0.15) is 0 Å². The van der Waals surface area contributed by atoms with E-state index in [0.717, 1.165) is 53.4 Å². The van der Waals surface area contributed by atoms with Gasteiger partial charge >= 0.3 is 0 Å². The summed E-state index contributed by atoms with van der Waals surface area (Å²) in [6.45, 7) is 6.42. The highest BCUT2D eigenvalue weighted by atomic mass is 16.1. The monoisotopic (exact) mass is 360 g/mol. The van der Waals surface area contributed by atoms with Crippen LogP contribution >= 0.6 is 0 Å². The maximum Gasteiger partial charge on any atom is 0.255 e. The van der Waals surface area contributed by atoms with Gasteiger partial charge in [0.05, 0.1) is 17.0 Å². The van der Waals surface area contributed by atoms with Crippen molar-refractivity contribution in [1.29, 1.82) is 0 Å². The van der Waals surface area contributed by atoms with Crippen LogP contribution in [0.3, 0.4) is 0 Å². The Morgan fingerprint density at radius 3 is 2.67 bits per heavy atom. The molecule has 5 heteroatoms. The molecule has 0 radical (unpaired) electrons. The van der Waals surface area contributed by atoms with E-state index in [1.807, 2.05) is 38.2 Å². The van der Waals surface area contributed by atoms with E-state index in [4.69, 9.17) is 0 Å². The molecule has 0 spiro atoms. The van der Waals surface area contributed by atoms with Gasteiger partial charge < -0.3 is 4.98 Å². The molecule has 1 N–H and O–H groups in total. The predicted octanol–water partition coefficient (Wildman–Crippen LogP) is 3.51. The van der Waals surface area contributed by atoms with E-state index in [1.165, 1.54) is 0 Å². The summed E-state index contributed by atoms with van der Waals surface area (Å²) in [5, 5.41) is 0. The minimum Gasteiger partial charge on any atom is -0.310 e. The number of hydrogen-bond acceptors (Lipinski definition) is 4. The van der Waals surface area contributed by atoms with Crippen LogP contribution in [0.15, 0.2) is 53.5 Å². The molecule has 1 aromatic carbocycles. The van der Waals surface area contributed by atoms with Crippen molar-refractivity contribution in [3.8, 4) is 11.3 Å². The largest absolute Gasteiger partial charge is 0.310 e. The van der Waals surface area contributed by atoms with E-state index in [9.17, 15) is 4.79 Å². The maximum atomic E-state index is 12.5. The number of rotatable bonds is 4. The highest BCUT2D eigenvalue weighted by molar-refractivity contribution is 5.58. The summed E-state index contributed by atoms with van der Waals surface area (Å²) in [5.41, 5.74) is 5.02. The third kappa shape index (κ3) is 3.83. The molecule has 0 unspecified atom stereocenters. The molecule has 2 aromatic heterocycles. The third-order valence-corrected chi connectivity index (χ3v) is 5.01. The van der Waals surface area contributed by atoms with E-state index < -0.39 is 0 Å². The van der Waals surface area contributed by atoms with Crippen LogP contribution in [-0.4, -0.2) is 26.4 Å². The zero-order chi connectivity index (χ0) is 18.8. The molecule has 1 aliphatic heterocycles. The van der Waals surface area contributed by atoms with Gasteiger partial charge in [-0.3, -0.25) is 14.7 Å². The molecule has 0 saturated heterocycles. The molecular weight excluding hydrogens is 336 g/mol. The van der Waals surface area contributed by atoms with Crippen LogP contribution < -0.4 is 5.56 Å². The van der Waals surface area contributed by atoms with Gasteiger partial charge in [0, 0.05) is 43.7 Å². The van der Waals surface area contributed by atoms with Crippen LogP contribution in [0.5, 0.6) is 0 Å². The standard InChI is InChI=1S/C22H24N4O/c1-15(2)21-24-20-10-11-26(14-18(20)22(27)25-21)13-16-8-9-19(23-12-16)17-6-4-3-5-7-17/h3-9,12,15H,10-11,13-14H2,1-2H3,(H,24,25,27). The summed E-state index contributed by atoms with van der Waals surface area (Å²) in [6.07, 6.45) is 2.75. The SMILES string of the molecule is CC(C)c1nc2c(c(=O)[nH]1)CN(Cc1ccc(-c3ccccc3)nc1)CC2. The van der Waals surface area contributed by atoms with Gasteiger partial charge in [-0.25, -0.2) is 4.98 Å². The molecule has 138 valence electrons. The van der Waals surface area contributed by atoms with Crippen LogP contribution in [0.1, 0.15) is 42.4 Å². The Hall–Kier alpha value is -2.79. The van der Waals surface area contributed by atoms with Gasteiger partial charge in [0.1, 0.15) is 5.82 Å². The molecule has 3 aromatic rings. The summed E-state index contributed by atoms with van der Waals surface area (Å²) >= 11 is 0. The van der Waals surface area contributed by atoms with E-state index in [-0.39, 0.29) is 11.5 Å². The number of H-pyrrole nitrogens is 1. The summed E-state index contributed by atoms with van der Waals surface area (Å²) in [7, 11) is 0. The van der Waals surface area contributed by atoms with Crippen LogP contribution in [-0.2, 0) is 19.5 Å². The highest BCUT2D eigenvalue weighted by Gasteiger charge is 2.21. The topological polar surface area (TPSA) is 61.9 Å². The van der Waals surface area contributed by atoms with E-state index >= 15 is 0 Å². The smallest absolute Gasteiger partial charge is 0.255 e. The predicted molar refractivity (Wildman–Crippen MR) is 106 cm³/mol. The van der Waals surface area contributed by atoms with Crippen molar-refractivity contribution in [1.82, 2.24) is 19.9 Å². The number of benzene rings is 1. The van der Waals surface area contributed by atoms with Crippen molar-refractivity contribution in [2.75, 3.05) is 6.54 Å². The van der Waals surface area contributed by atoms with Gasteiger partial charge in [-0.1, -0.05) is 50.2 Å². The van der Waals surface area contributed by atoms with Crippen molar-refractivity contribution in [2.45, 2.75) is 39.3 Å². The molecule has 0 amide bonds. The first-order chi connectivity index (χ1) is 13.1. The molecule has 1 aliphatic rings. The highest BCUT2D eigenvalue weighted by Crippen LogP contribution is 2.20. The lowest BCUT2D eigenvalue weighted by molar-refractivity contribution is 0.241. The van der Waals surface area contributed by atoms with Crippen molar-refractivity contribution in [3.63, 3.8) is 0 Å². The fourth-order valence-electron chi connectivity index (χ4n) is 3.46. The molecule has 0 bridgehead atoms. The lowest BCUT2D eigenvalue weighted by Gasteiger charge is -2.28. The summed E-state index contributed by atoms with van der Waals surface area (Å²) in [5.74, 6) is 1.02. The van der Waals surface area contributed by atoms with E-state index in [2.05, 4.69) is 44.1 Å². The quantitative estimate of drug-likeness (QED) is 0.773. The Labute approximate surface area is 159 Å². The fourth-order valence-corrected chi connectivity index (χ4v) is 3.46. The molecule has 5 nitrogen and oxygen atoms in total. The Balaban J connectivity index is 1.48. The number of nitrogens with zero attached hydrogens (tertiary/aromatic N) is 3. The Kier molecular flexibility index (Phi) is 4.86. The first kappa shape index (κ1) is 17.6. The second kappa shape index (κ2) is 7.45. The van der Waals surface area contributed by atoms with Gasteiger partial charge in [0.2, 0.25) is 0 Å². The molecule has 4 rings (SSSR count). The number of fused-ring (bicyclic) bond motifs is 1. The Morgan fingerprint density at radius 1 is 1.15 bits per heavy atom. The zero-order valence-corrected chi connectivity index (χ0v) is 15.8. The van der Waals surface area contributed by atoms with Crippen molar-refractivity contribution >= 4 is 0 Å². The molecule has 0 atom stereocenters. The number of pyridine rings is 1. The Bertz CT molecular complexity index is 977. The molecule has 27 heavy (non-hydrogen) atoms. The van der Waals surface area contributed by atoms with Crippen molar-refractivity contribution in [3.05, 3.63) is 81.7 Å². The second-order valence-corrected chi connectivity index (χ2v) is 7.41. The normalized spacial score (nSPS) is 14.3. The summed E-state index contributed by atoms with van der Waals surface area (Å²) in [4.78, 5) is 26.9. The first-order valence-electron chi connectivity index (χ1n) is 9.45. The first-order valence-corrected chi connectivity index (χ1v) is 9.45. The van der Waals surface area contributed by atoms with Crippen LogP contribution in [0.2, 0.25) is 0 Å². The lowest BCUT2D eigenvalue weighted by Crippen LogP contribution is -2.36. The molecule has 3 heterocycles. The average molecular weight is 360 g/mol. The second-order valence-electron chi connectivity index (χ2n) is 7.41. The average Bonchev–Trinajstić information content (AvgIpc) is 2.69. The van der Waals surface area contributed by atoms with Crippen molar-refractivity contribution < 1.29 is 0 Å². The van der Waals surface area contributed by atoms with Gasteiger partial charge in [-0.15, -0.1) is 0 Å². The number of nitrogens with one attached hydrogen (secondary N) is 1. The van der Waals surface area contributed by atoms with Crippen LogP contribution in [0.25, 0.3) is 11.3 Å². The minimum atomic E-state index is 0.00551. The van der Waals surface area contributed by atoms with Gasteiger partial charge in [0.15, 0.2) is 0 Å². The number of hydrogen-bond donors (Lipinski definition) is 1.